The average molecular weight is 539 g/mol. The van der Waals surface area contributed by atoms with Crippen molar-refractivity contribution in [1.29, 1.82) is 0 Å². The highest BCUT2D eigenvalue weighted by atomic mass is 19.3. The molecule has 0 bridgehead atoms. The first-order chi connectivity index (χ1) is 18.8. The number of ether oxygens (including phenoxy) is 1. The van der Waals surface area contributed by atoms with E-state index in [9.17, 15) is 22.8 Å². The van der Waals surface area contributed by atoms with Crippen LogP contribution in [-0.2, 0) is 31.0 Å². The van der Waals surface area contributed by atoms with Gasteiger partial charge >= 0.3 is 0 Å². The minimum Gasteiger partial charge on any atom is -0.375 e. The Kier molecular flexibility index (Phi) is 8.98. The SMILES string of the molecule is CCOCc1nn(Cc2ccc(Cn3ccccc3=O)cc2)cc1C(=O)NCc1c(F)ccc(C)c1C(F)F. The molecule has 7 nitrogen and oxygen atoms in total. The highest BCUT2D eigenvalue weighted by molar-refractivity contribution is 5.95. The van der Waals surface area contributed by atoms with E-state index < -0.39 is 30.3 Å². The molecule has 0 saturated carbocycles. The maximum Gasteiger partial charge on any atom is 0.264 e. The first-order valence-corrected chi connectivity index (χ1v) is 12.5. The summed E-state index contributed by atoms with van der Waals surface area (Å²) in [4.78, 5) is 25.0. The zero-order valence-corrected chi connectivity index (χ0v) is 21.7. The van der Waals surface area contributed by atoms with Crippen molar-refractivity contribution in [3.63, 3.8) is 0 Å². The smallest absolute Gasteiger partial charge is 0.264 e. The Morgan fingerprint density at radius 3 is 2.44 bits per heavy atom. The third-order valence-electron chi connectivity index (χ3n) is 6.31. The fourth-order valence-corrected chi connectivity index (χ4v) is 4.27. The van der Waals surface area contributed by atoms with E-state index in [1.54, 1.807) is 33.8 Å². The minimum atomic E-state index is -2.87. The van der Waals surface area contributed by atoms with E-state index in [0.717, 1.165) is 17.2 Å². The van der Waals surface area contributed by atoms with E-state index in [1.165, 1.54) is 19.1 Å². The molecule has 4 rings (SSSR count). The van der Waals surface area contributed by atoms with Crippen LogP contribution in [0.1, 0.15) is 57.2 Å². The number of pyridine rings is 1. The highest BCUT2D eigenvalue weighted by Gasteiger charge is 2.22. The van der Waals surface area contributed by atoms with Gasteiger partial charge < -0.3 is 14.6 Å². The van der Waals surface area contributed by atoms with Crippen LogP contribution in [0.25, 0.3) is 0 Å². The molecule has 0 aliphatic rings. The summed E-state index contributed by atoms with van der Waals surface area (Å²) in [5.74, 6) is -1.37. The Bertz CT molecular complexity index is 1500. The van der Waals surface area contributed by atoms with E-state index in [0.29, 0.717) is 25.4 Å². The number of benzene rings is 2. The molecule has 0 radical (unpaired) electrons. The van der Waals surface area contributed by atoms with Gasteiger partial charge in [-0.05, 0) is 42.7 Å². The lowest BCUT2D eigenvalue weighted by molar-refractivity contribution is 0.0938. The fourth-order valence-electron chi connectivity index (χ4n) is 4.27. The number of halogens is 3. The van der Waals surface area contributed by atoms with E-state index in [1.807, 2.05) is 31.2 Å². The predicted molar refractivity (Wildman–Crippen MR) is 140 cm³/mol. The number of alkyl halides is 2. The minimum absolute atomic E-state index is 0.0815. The lowest BCUT2D eigenvalue weighted by Crippen LogP contribution is -2.25. The number of rotatable bonds is 11. The van der Waals surface area contributed by atoms with Crippen molar-refractivity contribution in [2.75, 3.05) is 6.61 Å². The molecule has 0 atom stereocenters. The van der Waals surface area contributed by atoms with E-state index in [4.69, 9.17) is 4.74 Å². The van der Waals surface area contributed by atoms with Crippen LogP contribution in [0.2, 0.25) is 0 Å². The third kappa shape index (κ3) is 6.83. The number of carbonyl (C=O) groups is 1. The van der Waals surface area contributed by atoms with Gasteiger partial charge in [0.2, 0.25) is 0 Å². The Labute approximate surface area is 223 Å². The van der Waals surface area contributed by atoms with Crippen molar-refractivity contribution in [3.8, 4) is 0 Å². The molecule has 0 saturated heterocycles. The number of aryl methyl sites for hydroxylation is 1. The fraction of sp³-hybridized carbons (Fsp3) is 0.276. The summed E-state index contributed by atoms with van der Waals surface area (Å²) >= 11 is 0. The van der Waals surface area contributed by atoms with Crippen LogP contribution >= 0.6 is 0 Å². The molecule has 1 N–H and O–H groups in total. The summed E-state index contributed by atoms with van der Waals surface area (Å²) in [5, 5.41) is 7.05. The molecular formula is C29H29F3N4O3. The molecule has 39 heavy (non-hydrogen) atoms. The number of nitrogens with zero attached hydrogens (tertiary/aromatic N) is 3. The van der Waals surface area contributed by atoms with Gasteiger partial charge in [-0.2, -0.15) is 5.10 Å². The summed E-state index contributed by atoms with van der Waals surface area (Å²) in [7, 11) is 0. The summed E-state index contributed by atoms with van der Waals surface area (Å²) in [6.07, 6.45) is 0.416. The second-order valence-electron chi connectivity index (χ2n) is 9.05. The molecule has 10 heteroatoms. The maximum absolute atomic E-state index is 14.4. The second-order valence-corrected chi connectivity index (χ2v) is 9.05. The van der Waals surface area contributed by atoms with Crippen LogP contribution in [0.5, 0.6) is 0 Å². The van der Waals surface area contributed by atoms with Gasteiger partial charge in [0.05, 0.1) is 25.3 Å². The van der Waals surface area contributed by atoms with E-state index in [-0.39, 0.29) is 28.9 Å². The van der Waals surface area contributed by atoms with Gasteiger partial charge in [0.1, 0.15) is 11.5 Å². The van der Waals surface area contributed by atoms with Crippen LogP contribution < -0.4 is 10.9 Å². The number of hydrogen-bond acceptors (Lipinski definition) is 4. The Morgan fingerprint density at radius 1 is 1.05 bits per heavy atom. The number of hydrogen-bond donors (Lipinski definition) is 1. The molecule has 2 heterocycles. The number of aromatic nitrogens is 3. The van der Waals surface area contributed by atoms with Crippen molar-refractivity contribution in [1.82, 2.24) is 19.7 Å². The standard InChI is InChI=1S/C29H29F3N4O3/c1-3-39-18-25-23(29(38)33-14-22-24(30)12-7-19(2)27(22)28(31)32)17-36(34-25)16-21-10-8-20(9-11-21)15-35-13-5-4-6-26(35)37/h4-13,17,28H,3,14-16,18H2,1-2H3,(H,33,38). The number of carbonyl (C=O) groups excluding carboxylic acids is 1. The van der Waals surface area contributed by atoms with Crippen molar-refractivity contribution >= 4 is 5.91 Å². The second kappa shape index (κ2) is 12.6. The molecule has 2 aromatic heterocycles. The highest BCUT2D eigenvalue weighted by Crippen LogP contribution is 2.28. The summed E-state index contributed by atoms with van der Waals surface area (Å²) < 4.78 is 50.1. The molecule has 4 aromatic rings. The van der Waals surface area contributed by atoms with Crippen molar-refractivity contribution < 1.29 is 22.7 Å². The van der Waals surface area contributed by atoms with Gasteiger partial charge in [-0.3, -0.25) is 14.3 Å². The molecule has 0 aliphatic carbocycles. The van der Waals surface area contributed by atoms with Crippen molar-refractivity contribution in [2.24, 2.45) is 0 Å². The average Bonchev–Trinajstić information content (AvgIpc) is 3.32. The van der Waals surface area contributed by atoms with Crippen LogP contribution in [-0.4, -0.2) is 26.9 Å². The maximum atomic E-state index is 14.4. The van der Waals surface area contributed by atoms with Crippen molar-refractivity contribution in [2.45, 2.75) is 46.5 Å². The first-order valence-electron chi connectivity index (χ1n) is 12.5. The lowest BCUT2D eigenvalue weighted by atomic mass is 10.0. The van der Waals surface area contributed by atoms with Gasteiger partial charge in [0.25, 0.3) is 17.9 Å². The van der Waals surface area contributed by atoms with E-state index in [2.05, 4.69) is 10.4 Å². The first kappa shape index (κ1) is 27.8. The Hall–Kier alpha value is -4.18. The molecule has 2 aromatic carbocycles. The monoisotopic (exact) mass is 538 g/mol. The van der Waals surface area contributed by atoms with Gasteiger partial charge in [-0.1, -0.05) is 36.4 Å². The Morgan fingerprint density at radius 2 is 1.77 bits per heavy atom. The van der Waals surface area contributed by atoms with Gasteiger partial charge in [-0.15, -0.1) is 0 Å². The normalized spacial score (nSPS) is 11.2. The topological polar surface area (TPSA) is 78.2 Å². The van der Waals surface area contributed by atoms with Gasteiger partial charge in [-0.25, -0.2) is 13.2 Å². The van der Waals surface area contributed by atoms with Crippen LogP contribution in [0.3, 0.4) is 0 Å². The Balaban J connectivity index is 1.49. The van der Waals surface area contributed by atoms with Crippen LogP contribution in [0.15, 0.2) is 71.8 Å². The quantitative estimate of drug-likeness (QED) is 0.292. The molecule has 204 valence electrons. The van der Waals surface area contributed by atoms with Crippen LogP contribution in [0, 0.1) is 12.7 Å². The third-order valence-corrected chi connectivity index (χ3v) is 6.31. The van der Waals surface area contributed by atoms with Crippen molar-refractivity contribution in [3.05, 3.63) is 122 Å². The molecule has 0 spiro atoms. The summed E-state index contributed by atoms with van der Waals surface area (Å²) in [6.45, 7) is 4.19. The molecule has 0 fully saturated rings. The van der Waals surface area contributed by atoms with Gasteiger partial charge in [0, 0.05) is 42.7 Å². The van der Waals surface area contributed by atoms with Gasteiger partial charge in [0.15, 0.2) is 0 Å². The lowest BCUT2D eigenvalue weighted by Gasteiger charge is -2.14. The molecule has 0 unspecified atom stereocenters. The number of nitrogens with one attached hydrogen (secondary N) is 1. The predicted octanol–water partition coefficient (Wildman–Crippen LogP) is 4.99. The molecule has 1 amide bonds. The summed E-state index contributed by atoms with van der Waals surface area (Å²) in [6, 6.07) is 15.1. The zero-order chi connectivity index (χ0) is 27.9. The number of amides is 1. The zero-order valence-electron chi connectivity index (χ0n) is 21.7. The summed E-state index contributed by atoms with van der Waals surface area (Å²) in [5.41, 5.74) is 1.99. The molecular weight excluding hydrogens is 509 g/mol. The van der Waals surface area contributed by atoms with Crippen LogP contribution in [0.4, 0.5) is 13.2 Å². The van der Waals surface area contributed by atoms with E-state index >= 15 is 0 Å². The largest absolute Gasteiger partial charge is 0.375 e. The molecule has 0 aliphatic heterocycles.